The van der Waals surface area contributed by atoms with Gasteiger partial charge in [-0.25, -0.2) is 4.98 Å². The van der Waals surface area contributed by atoms with Crippen molar-refractivity contribution in [1.29, 1.82) is 0 Å². The number of nitrogens with zero attached hydrogens (tertiary/aromatic N) is 5. The third-order valence-electron chi connectivity index (χ3n) is 3.55. The first kappa shape index (κ1) is 16.0. The van der Waals surface area contributed by atoms with Crippen LogP contribution >= 0.6 is 23.1 Å². The van der Waals surface area contributed by atoms with E-state index in [9.17, 15) is 4.79 Å². The summed E-state index contributed by atoms with van der Waals surface area (Å²) in [5, 5.41) is 11.7. The predicted molar refractivity (Wildman–Crippen MR) is 93.2 cm³/mol. The van der Waals surface area contributed by atoms with Crippen LogP contribution in [0.25, 0.3) is 0 Å². The molecule has 1 saturated heterocycles. The van der Waals surface area contributed by atoms with Gasteiger partial charge in [-0.3, -0.25) is 4.79 Å². The van der Waals surface area contributed by atoms with Gasteiger partial charge in [0.1, 0.15) is 5.82 Å². The molecule has 1 aliphatic heterocycles. The van der Waals surface area contributed by atoms with E-state index in [4.69, 9.17) is 0 Å². The third kappa shape index (κ3) is 4.11. The van der Waals surface area contributed by atoms with Crippen molar-refractivity contribution in [3.8, 4) is 0 Å². The fraction of sp³-hybridized carbons (Fsp3) is 0.429. The van der Waals surface area contributed by atoms with Crippen LogP contribution in [0.1, 0.15) is 0 Å². The molecule has 122 valence electrons. The van der Waals surface area contributed by atoms with Gasteiger partial charge in [0.15, 0.2) is 4.34 Å². The van der Waals surface area contributed by atoms with Crippen molar-refractivity contribution < 1.29 is 4.79 Å². The van der Waals surface area contributed by atoms with Crippen LogP contribution in [-0.4, -0.2) is 65.0 Å². The summed E-state index contributed by atoms with van der Waals surface area (Å²) in [5.74, 6) is 1.53. The van der Waals surface area contributed by atoms with E-state index in [1.165, 1.54) is 23.1 Å². The lowest BCUT2D eigenvalue weighted by molar-refractivity contribution is -0.128. The Labute approximate surface area is 143 Å². The Bertz CT molecular complexity index is 642. The van der Waals surface area contributed by atoms with Crippen molar-refractivity contribution in [3.05, 3.63) is 24.4 Å². The van der Waals surface area contributed by atoms with E-state index in [1.807, 2.05) is 23.1 Å². The summed E-state index contributed by atoms with van der Waals surface area (Å²) in [7, 11) is 1.81. The number of hydrogen-bond acceptors (Lipinski definition) is 8. The zero-order valence-corrected chi connectivity index (χ0v) is 14.4. The summed E-state index contributed by atoms with van der Waals surface area (Å²) in [6, 6.07) is 5.90. The maximum absolute atomic E-state index is 12.3. The number of piperazine rings is 1. The number of amides is 1. The van der Waals surface area contributed by atoms with E-state index in [2.05, 4.69) is 25.4 Å². The van der Waals surface area contributed by atoms with Crippen LogP contribution < -0.4 is 10.2 Å². The molecule has 3 heterocycles. The Morgan fingerprint density at radius 3 is 2.78 bits per heavy atom. The minimum atomic E-state index is 0.150. The van der Waals surface area contributed by atoms with Crippen LogP contribution in [0.3, 0.4) is 0 Å². The van der Waals surface area contributed by atoms with Crippen molar-refractivity contribution >= 4 is 40.0 Å². The van der Waals surface area contributed by atoms with Crippen LogP contribution in [0, 0.1) is 0 Å². The van der Waals surface area contributed by atoms with Crippen LogP contribution in [-0.2, 0) is 4.79 Å². The van der Waals surface area contributed by atoms with Gasteiger partial charge < -0.3 is 15.1 Å². The molecule has 0 bridgehead atoms. The molecule has 7 nitrogen and oxygen atoms in total. The summed E-state index contributed by atoms with van der Waals surface area (Å²) in [6.45, 7) is 3.09. The van der Waals surface area contributed by atoms with Crippen molar-refractivity contribution in [2.75, 3.05) is 49.2 Å². The van der Waals surface area contributed by atoms with Gasteiger partial charge in [-0.2, -0.15) is 0 Å². The van der Waals surface area contributed by atoms with E-state index in [1.54, 1.807) is 13.2 Å². The first-order chi connectivity index (χ1) is 11.3. The highest BCUT2D eigenvalue weighted by Crippen LogP contribution is 2.25. The Morgan fingerprint density at radius 2 is 2.13 bits per heavy atom. The van der Waals surface area contributed by atoms with Crippen molar-refractivity contribution in [2.45, 2.75) is 4.34 Å². The van der Waals surface area contributed by atoms with Crippen LogP contribution in [0.5, 0.6) is 0 Å². The second-order valence-electron chi connectivity index (χ2n) is 4.97. The lowest BCUT2D eigenvalue weighted by Gasteiger charge is -2.35. The molecule has 9 heteroatoms. The number of anilines is 2. The van der Waals surface area contributed by atoms with E-state index < -0.39 is 0 Å². The van der Waals surface area contributed by atoms with Gasteiger partial charge in [0.05, 0.1) is 5.75 Å². The highest BCUT2D eigenvalue weighted by Gasteiger charge is 2.22. The van der Waals surface area contributed by atoms with Crippen LogP contribution in [0.15, 0.2) is 28.7 Å². The predicted octanol–water partition coefficient (Wildman–Crippen LogP) is 1.42. The average molecular weight is 350 g/mol. The summed E-state index contributed by atoms with van der Waals surface area (Å²) < 4.78 is 0.815. The van der Waals surface area contributed by atoms with E-state index in [0.29, 0.717) is 5.75 Å². The first-order valence-electron chi connectivity index (χ1n) is 7.34. The number of aromatic nitrogens is 3. The minimum absolute atomic E-state index is 0.150. The Balaban J connectivity index is 1.46. The molecule has 0 atom stereocenters. The molecule has 1 amide bonds. The maximum Gasteiger partial charge on any atom is 0.233 e. The monoisotopic (exact) mass is 350 g/mol. The van der Waals surface area contributed by atoms with Gasteiger partial charge in [-0.05, 0) is 12.1 Å². The molecule has 23 heavy (non-hydrogen) atoms. The molecule has 2 aromatic heterocycles. The summed E-state index contributed by atoms with van der Waals surface area (Å²) in [4.78, 5) is 20.8. The molecule has 0 radical (unpaired) electrons. The number of pyridine rings is 1. The average Bonchev–Trinajstić information content (AvgIpc) is 3.09. The van der Waals surface area contributed by atoms with E-state index in [-0.39, 0.29) is 5.91 Å². The Hall–Kier alpha value is -1.87. The zero-order valence-electron chi connectivity index (χ0n) is 12.8. The van der Waals surface area contributed by atoms with Gasteiger partial charge in [-0.1, -0.05) is 29.2 Å². The quantitative estimate of drug-likeness (QED) is 0.817. The number of nitrogens with one attached hydrogen (secondary N) is 1. The molecule has 0 aromatic carbocycles. The van der Waals surface area contributed by atoms with Gasteiger partial charge >= 0.3 is 0 Å². The lowest BCUT2D eigenvalue weighted by atomic mass is 10.3. The van der Waals surface area contributed by atoms with Gasteiger partial charge in [0, 0.05) is 39.4 Å². The van der Waals surface area contributed by atoms with Crippen molar-refractivity contribution in [2.24, 2.45) is 0 Å². The van der Waals surface area contributed by atoms with Gasteiger partial charge in [-0.15, -0.1) is 10.2 Å². The number of thioether (sulfide) groups is 1. The highest BCUT2D eigenvalue weighted by molar-refractivity contribution is 8.01. The molecule has 0 aliphatic carbocycles. The summed E-state index contributed by atoms with van der Waals surface area (Å²) >= 11 is 2.90. The lowest BCUT2D eigenvalue weighted by Crippen LogP contribution is -2.49. The SMILES string of the molecule is CNc1nnc(SCC(=O)N2CCN(c3ccccn3)CC2)s1. The standard InChI is InChI=1S/C14H18N6OS2/c1-15-13-17-18-14(23-13)22-10-12(21)20-8-6-19(7-9-20)11-4-2-3-5-16-11/h2-5H,6-10H2,1H3,(H,15,17). The molecule has 3 rings (SSSR count). The smallest absolute Gasteiger partial charge is 0.233 e. The molecule has 1 fully saturated rings. The molecule has 1 N–H and O–H groups in total. The maximum atomic E-state index is 12.3. The molecule has 0 saturated carbocycles. The zero-order chi connectivity index (χ0) is 16.1. The van der Waals surface area contributed by atoms with Crippen LogP contribution in [0.4, 0.5) is 10.9 Å². The number of carbonyl (C=O) groups excluding carboxylic acids is 1. The first-order valence-corrected chi connectivity index (χ1v) is 9.14. The highest BCUT2D eigenvalue weighted by atomic mass is 32.2. The Kier molecular flexibility index (Phi) is 5.29. The van der Waals surface area contributed by atoms with Gasteiger partial charge in [0.2, 0.25) is 11.0 Å². The largest absolute Gasteiger partial charge is 0.363 e. The summed E-state index contributed by atoms with van der Waals surface area (Å²) in [6.07, 6.45) is 1.80. The molecule has 0 spiro atoms. The van der Waals surface area contributed by atoms with Crippen molar-refractivity contribution in [1.82, 2.24) is 20.1 Å². The number of rotatable bonds is 5. The fourth-order valence-electron chi connectivity index (χ4n) is 2.31. The number of hydrogen-bond donors (Lipinski definition) is 1. The normalized spacial score (nSPS) is 14.8. The second-order valence-corrected chi connectivity index (χ2v) is 7.17. The topological polar surface area (TPSA) is 74.2 Å². The minimum Gasteiger partial charge on any atom is -0.363 e. The molecule has 2 aromatic rings. The van der Waals surface area contributed by atoms with Crippen molar-refractivity contribution in [3.63, 3.8) is 0 Å². The van der Waals surface area contributed by atoms with E-state index in [0.717, 1.165) is 41.5 Å². The Morgan fingerprint density at radius 1 is 1.30 bits per heavy atom. The molecular formula is C14H18N6OS2. The molecule has 0 unspecified atom stereocenters. The van der Waals surface area contributed by atoms with Gasteiger partial charge in [0.25, 0.3) is 0 Å². The molecular weight excluding hydrogens is 332 g/mol. The van der Waals surface area contributed by atoms with E-state index >= 15 is 0 Å². The fourth-order valence-corrected chi connectivity index (χ4v) is 3.92. The third-order valence-corrected chi connectivity index (χ3v) is 5.60. The summed E-state index contributed by atoms with van der Waals surface area (Å²) in [5.41, 5.74) is 0. The number of carbonyl (C=O) groups is 1. The van der Waals surface area contributed by atoms with Crippen LogP contribution in [0.2, 0.25) is 0 Å². The molecule has 1 aliphatic rings. The second kappa shape index (κ2) is 7.60.